The Balaban J connectivity index is 2.11. The number of hydrogen-bond acceptors (Lipinski definition) is 8. The first kappa shape index (κ1) is 26.8. The molecule has 0 bridgehead atoms. The lowest BCUT2D eigenvalue weighted by molar-refractivity contribution is -0.160. The van der Waals surface area contributed by atoms with Gasteiger partial charge in [0, 0.05) is 31.5 Å². The predicted octanol–water partition coefficient (Wildman–Crippen LogP) is 0.805. The number of likely N-dealkylation sites (N-methyl/N-ethyl adjacent to an activating group) is 1. The van der Waals surface area contributed by atoms with E-state index in [1.54, 1.807) is 13.8 Å². The minimum atomic E-state index is -5.66. The van der Waals surface area contributed by atoms with Crippen LogP contribution in [-0.4, -0.2) is 85.8 Å². The van der Waals surface area contributed by atoms with Crippen LogP contribution in [0.5, 0.6) is 5.88 Å². The zero-order valence-electron chi connectivity index (χ0n) is 18.4. The maximum atomic E-state index is 12.9. The van der Waals surface area contributed by atoms with E-state index in [1.807, 2.05) is 0 Å². The van der Waals surface area contributed by atoms with E-state index in [4.69, 9.17) is 9.57 Å². The molecule has 1 aliphatic rings. The summed E-state index contributed by atoms with van der Waals surface area (Å²) in [5.74, 6) is -1.12. The summed E-state index contributed by atoms with van der Waals surface area (Å²) in [6.07, 6.45) is 1.31. The molecular formula is C18H25F3N4O7S. The number of methoxy groups -OCH3 is 1. The van der Waals surface area contributed by atoms with Crippen molar-refractivity contribution >= 4 is 21.8 Å². The Bertz CT molecular complexity index is 974. The maximum absolute atomic E-state index is 12.9. The van der Waals surface area contributed by atoms with E-state index < -0.39 is 52.8 Å². The van der Waals surface area contributed by atoms with E-state index in [-0.39, 0.29) is 22.4 Å². The number of hydroxylamine groups is 2. The van der Waals surface area contributed by atoms with Crippen LogP contribution < -0.4 is 10.1 Å². The number of aromatic nitrogens is 1. The summed E-state index contributed by atoms with van der Waals surface area (Å²) in [5.41, 5.74) is -4.94. The average Bonchev–Trinajstić information content (AvgIpc) is 3.09. The Morgan fingerprint density at radius 2 is 2.12 bits per heavy atom. The molecule has 2 amide bonds. The molecule has 1 saturated heterocycles. The minimum Gasteiger partial charge on any atom is -0.476 e. The molecule has 1 N–H and O–H groups in total. The second-order valence-electron chi connectivity index (χ2n) is 7.11. The van der Waals surface area contributed by atoms with Crippen molar-refractivity contribution in [1.29, 1.82) is 0 Å². The van der Waals surface area contributed by atoms with Crippen molar-refractivity contribution in [2.24, 2.45) is 0 Å². The van der Waals surface area contributed by atoms with E-state index in [0.29, 0.717) is 12.1 Å². The minimum absolute atomic E-state index is 0.0214. The molecule has 11 nitrogen and oxygen atoms in total. The molecule has 0 aromatic carbocycles. The predicted molar refractivity (Wildman–Crippen MR) is 107 cm³/mol. The number of nitrogens with one attached hydrogen (secondary N) is 1. The van der Waals surface area contributed by atoms with Gasteiger partial charge in [0.1, 0.15) is 26.0 Å². The van der Waals surface area contributed by atoms with Gasteiger partial charge < -0.3 is 14.8 Å². The van der Waals surface area contributed by atoms with Gasteiger partial charge in [-0.25, -0.2) is 18.5 Å². The first-order valence-electron chi connectivity index (χ1n) is 9.75. The van der Waals surface area contributed by atoms with Gasteiger partial charge in [-0.15, -0.1) is 0 Å². The molecule has 1 aliphatic heterocycles. The Kier molecular flexibility index (Phi) is 8.62. The molecule has 0 spiro atoms. The number of aryl methyl sites for hydroxylation is 1. The van der Waals surface area contributed by atoms with Crippen LogP contribution in [0.3, 0.4) is 0 Å². The number of amides is 2. The lowest BCUT2D eigenvalue weighted by Gasteiger charge is -2.28. The van der Waals surface area contributed by atoms with Gasteiger partial charge in [-0.2, -0.15) is 17.5 Å². The molecule has 0 saturated carbocycles. The van der Waals surface area contributed by atoms with Crippen LogP contribution in [0.1, 0.15) is 29.8 Å². The SMILES string of the molecule is CCN1OC[C@@H](NC(=O)c2cc(OCC(C)N(COC)S(=O)(=O)C(F)(F)F)ncc2C)C1=O. The highest BCUT2D eigenvalue weighted by Gasteiger charge is 2.51. The molecular weight excluding hydrogens is 473 g/mol. The van der Waals surface area contributed by atoms with Crippen molar-refractivity contribution in [3.8, 4) is 5.88 Å². The third-order valence-corrected chi connectivity index (χ3v) is 6.35. The van der Waals surface area contributed by atoms with Gasteiger partial charge in [-0.1, -0.05) is 0 Å². The lowest BCUT2D eigenvalue weighted by Crippen LogP contribution is -2.48. The standard InChI is InChI=1S/C18H25F3N4O7S/c1-5-24-17(27)14(9-32-24)23-16(26)13-6-15(22-7-11(13)2)31-8-12(3)25(10-30-4)33(28,29)18(19,20)21/h6-7,12,14H,5,8-10H2,1-4H3,(H,23,26)/t12?,14-/m1/s1. The molecule has 15 heteroatoms. The average molecular weight is 498 g/mol. The van der Waals surface area contributed by atoms with Gasteiger partial charge in [-0.3, -0.25) is 14.4 Å². The van der Waals surface area contributed by atoms with Crippen molar-refractivity contribution < 1.29 is 45.5 Å². The number of carbonyl (C=O) groups excluding carboxylic acids is 2. The normalized spacial score (nSPS) is 18.0. The highest BCUT2D eigenvalue weighted by molar-refractivity contribution is 7.90. The quantitative estimate of drug-likeness (QED) is 0.470. The topological polar surface area (TPSA) is 127 Å². The smallest absolute Gasteiger partial charge is 0.476 e. The van der Waals surface area contributed by atoms with Crippen molar-refractivity contribution in [3.63, 3.8) is 0 Å². The van der Waals surface area contributed by atoms with Gasteiger partial charge >= 0.3 is 15.5 Å². The summed E-state index contributed by atoms with van der Waals surface area (Å²) in [4.78, 5) is 33.9. The number of halogens is 3. The fourth-order valence-electron chi connectivity index (χ4n) is 2.87. The van der Waals surface area contributed by atoms with E-state index in [2.05, 4.69) is 15.0 Å². The summed E-state index contributed by atoms with van der Waals surface area (Å²) in [6, 6.07) is -0.899. The number of sulfonamides is 1. The zero-order chi connectivity index (χ0) is 25.0. The number of carbonyl (C=O) groups is 2. The summed E-state index contributed by atoms with van der Waals surface area (Å²) >= 11 is 0. The third-order valence-electron chi connectivity index (χ3n) is 4.68. The van der Waals surface area contributed by atoms with E-state index >= 15 is 0 Å². The largest absolute Gasteiger partial charge is 0.511 e. The molecule has 2 heterocycles. The van der Waals surface area contributed by atoms with Crippen LogP contribution in [-0.2, 0) is 24.4 Å². The first-order chi connectivity index (χ1) is 15.3. The van der Waals surface area contributed by atoms with Gasteiger partial charge in [0.15, 0.2) is 0 Å². The molecule has 186 valence electrons. The Morgan fingerprint density at radius 3 is 2.67 bits per heavy atom. The van der Waals surface area contributed by atoms with E-state index in [0.717, 1.165) is 12.2 Å². The van der Waals surface area contributed by atoms with Crippen LogP contribution in [0.15, 0.2) is 12.3 Å². The van der Waals surface area contributed by atoms with Crippen LogP contribution in [0, 0.1) is 6.92 Å². The fraction of sp³-hybridized carbons (Fsp3) is 0.611. The summed E-state index contributed by atoms with van der Waals surface area (Å²) < 4.78 is 72.4. The Hall–Kier alpha value is -2.49. The summed E-state index contributed by atoms with van der Waals surface area (Å²) in [7, 11) is -4.61. The number of nitrogens with zero attached hydrogens (tertiary/aromatic N) is 3. The second-order valence-corrected chi connectivity index (χ2v) is 8.99. The summed E-state index contributed by atoms with van der Waals surface area (Å²) in [5, 5.41) is 3.67. The molecule has 0 aliphatic carbocycles. The number of rotatable bonds is 10. The van der Waals surface area contributed by atoms with Crippen LogP contribution in [0.25, 0.3) is 0 Å². The number of ether oxygens (including phenoxy) is 2. The van der Waals surface area contributed by atoms with Gasteiger partial charge in [0.25, 0.3) is 11.8 Å². The van der Waals surface area contributed by atoms with E-state index in [9.17, 15) is 31.2 Å². The second kappa shape index (κ2) is 10.6. The van der Waals surface area contributed by atoms with Crippen molar-refractivity contribution in [2.45, 2.75) is 38.4 Å². The first-order valence-corrected chi connectivity index (χ1v) is 11.2. The molecule has 1 aromatic rings. The highest BCUT2D eigenvalue weighted by Crippen LogP contribution is 2.28. The monoisotopic (exact) mass is 498 g/mol. The van der Waals surface area contributed by atoms with Crippen LogP contribution >= 0.6 is 0 Å². The zero-order valence-corrected chi connectivity index (χ0v) is 19.2. The van der Waals surface area contributed by atoms with Crippen LogP contribution in [0.4, 0.5) is 13.2 Å². The molecule has 1 unspecified atom stereocenters. The molecule has 2 rings (SSSR count). The van der Waals surface area contributed by atoms with Gasteiger partial charge in [-0.05, 0) is 26.3 Å². The third kappa shape index (κ3) is 6.10. The van der Waals surface area contributed by atoms with Crippen molar-refractivity contribution in [2.75, 3.05) is 33.6 Å². The number of alkyl halides is 3. The lowest BCUT2D eigenvalue weighted by atomic mass is 10.1. The van der Waals surface area contributed by atoms with Crippen molar-refractivity contribution in [3.05, 3.63) is 23.4 Å². The molecule has 33 heavy (non-hydrogen) atoms. The molecule has 2 atom stereocenters. The maximum Gasteiger partial charge on any atom is 0.511 e. The molecule has 1 fully saturated rings. The fourth-order valence-corrected chi connectivity index (χ4v) is 3.92. The van der Waals surface area contributed by atoms with Crippen LogP contribution in [0.2, 0.25) is 0 Å². The summed E-state index contributed by atoms with van der Waals surface area (Å²) in [6.45, 7) is 3.47. The Labute approximate surface area is 188 Å². The highest BCUT2D eigenvalue weighted by atomic mass is 32.2. The molecule has 0 radical (unpaired) electrons. The molecule has 1 aromatic heterocycles. The van der Waals surface area contributed by atoms with E-state index in [1.165, 1.54) is 19.2 Å². The van der Waals surface area contributed by atoms with Gasteiger partial charge in [0.2, 0.25) is 5.88 Å². The Morgan fingerprint density at radius 1 is 1.45 bits per heavy atom. The van der Waals surface area contributed by atoms with Crippen molar-refractivity contribution in [1.82, 2.24) is 19.7 Å². The number of pyridine rings is 1. The van der Waals surface area contributed by atoms with Gasteiger partial charge in [0.05, 0.1) is 6.04 Å². The number of hydrogen-bond donors (Lipinski definition) is 1.